The van der Waals surface area contributed by atoms with Gasteiger partial charge in [0.1, 0.15) is 5.60 Å². The zero-order valence-electron chi connectivity index (χ0n) is 13.4. The summed E-state index contributed by atoms with van der Waals surface area (Å²) in [5.41, 5.74) is 7.10. The first-order valence-corrected chi connectivity index (χ1v) is 7.66. The summed E-state index contributed by atoms with van der Waals surface area (Å²) in [5.74, 6) is 0. The van der Waals surface area contributed by atoms with Crippen molar-refractivity contribution in [2.45, 2.75) is 39.4 Å². The van der Waals surface area contributed by atoms with Crippen molar-refractivity contribution in [2.75, 3.05) is 6.54 Å². The molecule has 0 unspecified atom stereocenters. The zero-order valence-corrected chi connectivity index (χ0v) is 14.1. The Morgan fingerprint density at radius 1 is 1.43 bits per heavy atom. The van der Waals surface area contributed by atoms with Gasteiger partial charge < -0.3 is 9.84 Å². The second-order valence-electron chi connectivity index (χ2n) is 6.06. The summed E-state index contributed by atoms with van der Waals surface area (Å²) in [4.78, 5) is 11.5. The van der Waals surface area contributed by atoms with Crippen molar-refractivity contribution < 1.29 is 14.6 Å². The number of fused-ring (bicyclic) bond motifs is 1. The molecule has 0 aromatic carbocycles. The number of hydrogen-bond acceptors (Lipinski definition) is 5. The summed E-state index contributed by atoms with van der Waals surface area (Å²) in [6.45, 7) is 5.70. The third-order valence-electron chi connectivity index (χ3n) is 3.02. The molecule has 0 spiro atoms. The summed E-state index contributed by atoms with van der Waals surface area (Å²) >= 11 is 5.94. The average molecular weight is 341 g/mol. The first-order chi connectivity index (χ1) is 10.8. The third-order valence-corrected chi connectivity index (χ3v) is 3.24. The number of pyridine rings is 1. The Bertz CT molecular complexity index is 694. The monoisotopic (exact) mass is 340 g/mol. The van der Waals surface area contributed by atoms with Gasteiger partial charge in [-0.2, -0.15) is 5.10 Å². The lowest BCUT2D eigenvalue weighted by Crippen LogP contribution is -2.42. The van der Waals surface area contributed by atoms with Crippen LogP contribution in [0, 0.1) is 0 Å². The Morgan fingerprint density at radius 2 is 2.17 bits per heavy atom. The van der Waals surface area contributed by atoms with Crippen molar-refractivity contribution in [3.05, 3.63) is 34.6 Å². The summed E-state index contributed by atoms with van der Waals surface area (Å²) in [5, 5.41) is 14.3. The molecular formula is C15H21ClN4O3. The quantitative estimate of drug-likeness (QED) is 0.572. The standard InChI is InChI=1S/C15H21ClN4O3/c1-15(2,3)23-14(22)18-17-7-6-11-12(9-21)19-20-8-10(16)4-5-13(11)20/h4-5,8,17,21H,6-7,9H2,1-3H3,(H,18,22). The van der Waals surface area contributed by atoms with E-state index in [1.54, 1.807) is 37.5 Å². The predicted molar refractivity (Wildman–Crippen MR) is 87.2 cm³/mol. The lowest BCUT2D eigenvalue weighted by atomic mass is 10.1. The third kappa shape index (κ3) is 4.82. The van der Waals surface area contributed by atoms with Crippen LogP contribution >= 0.6 is 11.6 Å². The van der Waals surface area contributed by atoms with Crippen molar-refractivity contribution >= 4 is 23.2 Å². The average Bonchev–Trinajstić information content (AvgIpc) is 2.78. The number of halogens is 1. The fraction of sp³-hybridized carbons (Fsp3) is 0.467. The lowest BCUT2D eigenvalue weighted by molar-refractivity contribution is 0.0499. The van der Waals surface area contributed by atoms with Crippen LogP contribution < -0.4 is 10.9 Å². The molecule has 1 amide bonds. The fourth-order valence-electron chi connectivity index (χ4n) is 2.15. The van der Waals surface area contributed by atoms with Crippen LogP contribution in [-0.4, -0.2) is 33.0 Å². The van der Waals surface area contributed by atoms with E-state index in [0.717, 1.165) is 11.1 Å². The molecule has 0 aliphatic carbocycles. The molecule has 23 heavy (non-hydrogen) atoms. The van der Waals surface area contributed by atoms with E-state index in [-0.39, 0.29) is 6.61 Å². The Morgan fingerprint density at radius 3 is 2.83 bits per heavy atom. The molecule has 7 nitrogen and oxygen atoms in total. The SMILES string of the molecule is CC(C)(C)OC(=O)NNCCc1c(CO)nn2cc(Cl)ccc12. The van der Waals surface area contributed by atoms with Gasteiger partial charge in [0.25, 0.3) is 0 Å². The van der Waals surface area contributed by atoms with Gasteiger partial charge in [0.05, 0.1) is 22.8 Å². The van der Waals surface area contributed by atoms with Gasteiger partial charge in [0.2, 0.25) is 0 Å². The van der Waals surface area contributed by atoms with Gasteiger partial charge in [-0.05, 0) is 39.3 Å². The highest BCUT2D eigenvalue weighted by molar-refractivity contribution is 6.30. The molecule has 0 aliphatic rings. The highest BCUT2D eigenvalue weighted by Crippen LogP contribution is 2.19. The first kappa shape index (κ1) is 17.5. The van der Waals surface area contributed by atoms with Crippen LogP contribution in [0.5, 0.6) is 0 Å². The van der Waals surface area contributed by atoms with Gasteiger partial charge in [-0.3, -0.25) is 5.43 Å². The molecule has 0 saturated carbocycles. The van der Waals surface area contributed by atoms with E-state index < -0.39 is 11.7 Å². The second kappa shape index (κ2) is 7.16. The largest absolute Gasteiger partial charge is 0.443 e. The van der Waals surface area contributed by atoms with Crippen LogP contribution in [0.3, 0.4) is 0 Å². The number of nitrogens with one attached hydrogen (secondary N) is 2. The summed E-state index contributed by atoms with van der Waals surface area (Å²) in [7, 11) is 0. The molecule has 2 rings (SSSR count). The normalized spacial score (nSPS) is 11.7. The van der Waals surface area contributed by atoms with E-state index in [0.29, 0.717) is 23.7 Å². The van der Waals surface area contributed by atoms with E-state index >= 15 is 0 Å². The number of hydrazine groups is 1. The maximum Gasteiger partial charge on any atom is 0.422 e. The van der Waals surface area contributed by atoms with Gasteiger partial charge in [-0.25, -0.2) is 14.7 Å². The molecule has 0 bridgehead atoms. The zero-order chi connectivity index (χ0) is 17.0. The maximum absolute atomic E-state index is 11.5. The Balaban J connectivity index is 1.96. The number of aliphatic hydroxyl groups excluding tert-OH is 1. The topological polar surface area (TPSA) is 87.9 Å². The lowest BCUT2D eigenvalue weighted by Gasteiger charge is -2.19. The minimum atomic E-state index is -0.544. The Kier molecular flexibility index (Phi) is 5.46. The Hall–Kier alpha value is -1.83. The maximum atomic E-state index is 11.5. The van der Waals surface area contributed by atoms with Crippen LogP contribution in [0.1, 0.15) is 32.0 Å². The summed E-state index contributed by atoms with van der Waals surface area (Å²) in [6, 6.07) is 3.63. The summed E-state index contributed by atoms with van der Waals surface area (Å²) < 4.78 is 6.76. The van der Waals surface area contributed by atoms with Crippen molar-refractivity contribution in [1.29, 1.82) is 0 Å². The van der Waals surface area contributed by atoms with E-state index in [4.69, 9.17) is 16.3 Å². The molecule has 0 atom stereocenters. The molecular weight excluding hydrogens is 320 g/mol. The van der Waals surface area contributed by atoms with Crippen molar-refractivity contribution in [1.82, 2.24) is 20.5 Å². The molecule has 0 aliphatic heterocycles. The number of ether oxygens (including phenoxy) is 1. The van der Waals surface area contributed by atoms with Crippen LogP contribution in [0.25, 0.3) is 5.52 Å². The highest BCUT2D eigenvalue weighted by Gasteiger charge is 2.16. The molecule has 8 heteroatoms. The van der Waals surface area contributed by atoms with Crippen LogP contribution in [-0.2, 0) is 17.8 Å². The molecule has 2 aromatic rings. The molecule has 2 heterocycles. The predicted octanol–water partition coefficient (Wildman–Crippen LogP) is 2.05. The van der Waals surface area contributed by atoms with Crippen molar-refractivity contribution in [3.8, 4) is 0 Å². The number of amides is 1. The van der Waals surface area contributed by atoms with Gasteiger partial charge in [0, 0.05) is 18.3 Å². The number of carbonyl (C=O) groups is 1. The van der Waals surface area contributed by atoms with Crippen LogP contribution in [0.4, 0.5) is 4.79 Å². The van der Waals surface area contributed by atoms with Gasteiger partial charge in [-0.15, -0.1) is 0 Å². The highest BCUT2D eigenvalue weighted by atomic mass is 35.5. The Labute approximate surface area is 139 Å². The van der Waals surface area contributed by atoms with Gasteiger partial charge >= 0.3 is 6.09 Å². The minimum Gasteiger partial charge on any atom is -0.443 e. The number of aromatic nitrogens is 2. The molecule has 3 N–H and O–H groups in total. The van der Waals surface area contributed by atoms with Gasteiger partial charge in [-0.1, -0.05) is 11.6 Å². The number of carbonyl (C=O) groups excluding carboxylic acids is 1. The van der Waals surface area contributed by atoms with E-state index in [1.165, 1.54) is 0 Å². The van der Waals surface area contributed by atoms with Crippen molar-refractivity contribution in [2.24, 2.45) is 0 Å². The van der Waals surface area contributed by atoms with E-state index in [9.17, 15) is 9.90 Å². The minimum absolute atomic E-state index is 0.159. The van der Waals surface area contributed by atoms with Gasteiger partial charge in [0.15, 0.2) is 0 Å². The van der Waals surface area contributed by atoms with E-state index in [2.05, 4.69) is 16.0 Å². The number of hydrogen-bond donors (Lipinski definition) is 3. The van der Waals surface area contributed by atoms with Crippen LogP contribution in [0.15, 0.2) is 18.3 Å². The molecule has 0 fully saturated rings. The fourth-order valence-corrected chi connectivity index (χ4v) is 2.30. The van der Waals surface area contributed by atoms with Crippen LogP contribution in [0.2, 0.25) is 5.02 Å². The van der Waals surface area contributed by atoms with E-state index in [1.807, 2.05) is 6.07 Å². The molecule has 2 aromatic heterocycles. The second-order valence-corrected chi connectivity index (χ2v) is 6.50. The number of rotatable bonds is 5. The molecule has 126 valence electrons. The first-order valence-electron chi connectivity index (χ1n) is 7.28. The number of aliphatic hydroxyl groups is 1. The smallest absolute Gasteiger partial charge is 0.422 e. The summed E-state index contributed by atoms with van der Waals surface area (Å²) in [6.07, 6.45) is 1.73. The molecule has 0 radical (unpaired) electrons. The molecule has 0 saturated heterocycles. The van der Waals surface area contributed by atoms with Crippen molar-refractivity contribution in [3.63, 3.8) is 0 Å². The number of nitrogens with zero attached hydrogens (tertiary/aromatic N) is 2.